The minimum atomic E-state index is -0.430. The van der Waals surface area contributed by atoms with E-state index in [-0.39, 0.29) is 48.5 Å². The number of imide groups is 1. The molecule has 0 fully saturated rings. The lowest BCUT2D eigenvalue weighted by Gasteiger charge is -2.28. The molecule has 6 rings (SSSR count). The Morgan fingerprint density at radius 3 is 2.19 bits per heavy atom. The monoisotopic (exact) mass is 699 g/mol. The molecule has 268 valence electrons. The van der Waals surface area contributed by atoms with Crippen LogP contribution < -0.4 is 20.5 Å². The fourth-order valence-electron chi connectivity index (χ4n) is 6.76. The number of nitrogens with one attached hydrogen (secondary N) is 2. The number of nitrogens with zero attached hydrogens (tertiary/aromatic N) is 3. The Balaban J connectivity index is 1.33. The van der Waals surface area contributed by atoms with Gasteiger partial charge in [-0.05, 0) is 77.8 Å². The normalized spacial score (nSPS) is 12.6. The van der Waals surface area contributed by atoms with E-state index >= 15 is 0 Å². The van der Waals surface area contributed by atoms with Crippen LogP contribution in [-0.4, -0.2) is 52.4 Å². The first-order valence-corrected chi connectivity index (χ1v) is 18.0. The second-order valence-electron chi connectivity index (χ2n) is 13.7. The highest BCUT2D eigenvalue weighted by Crippen LogP contribution is 2.37. The van der Waals surface area contributed by atoms with Crippen LogP contribution in [0, 0.1) is 0 Å². The number of aromatic amines is 1. The molecule has 10 nitrogen and oxygen atoms in total. The van der Waals surface area contributed by atoms with E-state index in [1.807, 2.05) is 55.5 Å². The summed E-state index contributed by atoms with van der Waals surface area (Å²) in [5.41, 5.74) is 5.11. The Morgan fingerprint density at radius 2 is 1.54 bits per heavy atom. The predicted molar refractivity (Wildman–Crippen MR) is 206 cm³/mol. The molecule has 2 aromatic heterocycles. The van der Waals surface area contributed by atoms with E-state index in [0.717, 1.165) is 23.2 Å². The molecule has 1 aliphatic heterocycles. The van der Waals surface area contributed by atoms with Crippen molar-refractivity contribution in [1.29, 1.82) is 0 Å². The molecule has 0 radical (unpaired) electrons. The van der Waals surface area contributed by atoms with Gasteiger partial charge in [0, 0.05) is 35.9 Å². The zero-order chi connectivity index (χ0) is 36.9. The van der Waals surface area contributed by atoms with E-state index in [1.165, 1.54) is 4.90 Å². The van der Waals surface area contributed by atoms with Crippen LogP contribution in [0.1, 0.15) is 97.6 Å². The van der Waals surface area contributed by atoms with Crippen LogP contribution in [0.5, 0.6) is 5.75 Å². The molecule has 0 saturated heterocycles. The zero-order valence-corrected chi connectivity index (χ0v) is 30.4. The number of rotatable bonds is 13. The van der Waals surface area contributed by atoms with E-state index in [1.54, 1.807) is 41.4 Å². The average Bonchev–Trinajstić information content (AvgIpc) is 3.38. The number of anilines is 2. The first-order chi connectivity index (χ1) is 25.1. The summed E-state index contributed by atoms with van der Waals surface area (Å²) in [6, 6.07) is 23.6. The number of carbonyl (C=O) groups is 3. The number of urea groups is 1. The number of fused-ring (bicyclic) bond motifs is 2. The van der Waals surface area contributed by atoms with Crippen LogP contribution in [0.2, 0.25) is 0 Å². The van der Waals surface area contributed by atoms with Gasteiger partial charge in [-0.25, -0.2) is 9.78 Å². The number of ether oxygens (including phenoxy) is 1. The van der Waals surface area contributed by atoms with Gasteiger partial charge in [-0.3, -0.25) is 24.2 Å². The van der Waals surface area contributed by atoms with Crippen molar-refractivity contribution >= 4 is 40.3 Å². The van der Waals surface area contributed by atoms with Gasteiger partial charge < -0.3 is 15.0 Å². The highest BCUT2D eigenvalue weighted by Gasteiger charge is 2.34. The Hall–Kier alpha value is -5.77. The van der Waals surface area contributed by atoms with Crippen molar-refractivity contribution < 1.29 is 19.1 Å². The topological polar surface area (TPSA) is 125 Å². The van der Waals surface area contributed by atoms with Crippen LogP contribution >= 0.6 is 0 Å². The van der Waals surface area contributed by atoms with Crippen LogP contribution in [0.15, 0.2) is 89.9 Å². The van der Waals surface area contributed by atoms with E-state index in [4.69, 9.17) is 4.74 Å². The summed E-state index contributed by atoms with van der Waals surface area (Å²) in [5, 5.41) is 3.91. The Labute approximate surface area is 303 Å². The van der Waals surface area contributed by atoms with Gasteiger partial charge in [-0.2, -0.15) is 0 Å². The number of unbranched alkanes of at least 4 members (excludes halogenated alkanes) is 1. The van der Waals surface area contributed by atoms with Gasteiger partial charge in [-0.15, -0.1) is 0 Å². The number of pyridine rings is 2. The molecule has 3 aromatic carbocycles. The molecule has 52 heavy (non-hydrogen) atoms. The van der Waals surface area contributed by atoms with Crippen molar-refractivity contribution in [3.8, 4) is 16.9 Å². The molecular formula is C42H45N5O5. The second kappa shape index (κ2) is 15.6. The van der Waals surface area contributed by atoms with Crippen molar-refractivity contribution in [2.24, 2.45) is 0 Å². The van der Waals surface area contributed by atoms with E-state index < -0.39 is 5.56 Å². The second-order valence-corrected chi connectivity index (χ2v) is 13.7. The fraction of sp³-hybridized carbons (Fsp3) is 0.310. The van der Waals surface area contributed by atoms with Crippen molar-refractivity contribution in [1.82, 2.24) is 14.9 Å². The fourth-order valence-corrected chi connectivity index (χ4v) is 6.76. The van der Waals surface area contributed by atoms with Gasteiger partial charge in [0.2, 0.25) is 0 Å². The number of benzene rings is 3. The largest absolute Gasteiger partial charge is 0.494 e. The molecule has 5 aromatic rings. The number of amides is 4. The summed E-state index contributed by atoms with van der Waals surface area (Å²) in [6.07, 6.45) is 3.54. The first-order valence-electron chi connectivity index (χ1n) is 18.0. The molecule has 4 amide bonds. The average molecular weight is 700 g/mol. The van der Waals surface area contributed by atoms with Gasteiger partial charge in [0.15, 0.2) is 0 Å². The standard InChI is InChI=1S/C42H45N5O5/c1-6-7-22-46(42(51)44-36-30(26(2)3)18-11-19-31(36)27(4)5)37-35(34-20-12-21-43-38(34)45-39(37)48)28-14-10-15-29(25-28)52-24-13-23-47-40(49)32-16-8-9-17-33(32)41(47)50/h8-12,14-21,25-27H,6-7,13,22-24H2,1-5H3,(H,44,51)(H,43,45,48). The van der Waals surface area contributed by atoms with E-state index in [9.17, 15) is 19.2 Å². The van der Waals surface area contributed by atoms with Gasteiger partial charge in [0.1, 0.15) is 17.1 Å². The maximum atomic E-state index is 14.5. The molecule has 0 unspecified atom stereocenters. The van der Waals surface area contributed by atoms with Gasteiger partial charge in [0.05, 0.1) is 17.7 Å². The summed E-state index contributed by atoms with van der Waals surface area (Å²) in [7, 11) is 0. The highest BCUT2D eigenvalue weighted by atomic mass is 16.5. The summed E-state index contributed by atoms with van der Waals surface area (Å²) in [5.74, 6) is 0.280. The number of carbonyl (C=O) groups excluding carboxylic acids is 3. The van der Waals surface area contributed by atoms with Gasteiger partial charge in [-0.1, -0.05) is 83.5 Å². The first kappa shape index (κ1) is 36.0. The quantitative estimate of drug-likeness (QED) is 0.0936. The number of H-pyrrole nitrogens is 1. The molecule has 0 aliphatic carbocycles. The van der Waals surface area contributed by atoms with Crippen LogP contribution in [0.4, 0.5) is 16.2 Å². The number of para-hydroxylation sites is 1. The van der Waals surface area contributed by atoms with Crippen molar-refractivity contribution in [3.05, 3.63) is 118 Å². The molecule has 0 atom stereocenters. The third-order valence-corrected chi connectivity index (χ3v) is 9.41. The smallest absolute Gasteiger partial charge is 0.326 e. The number of aromatic nitrogens is 2. The van der Waals surface area contributed by atoms with Crippen molar-refractivity contribution in [2.75, 3.05) is 29.9 Å². The summed E-state index contributed by atoms with van der Waals surface area (Å²) < 4.78 is 6.14. The molecule has 0 bridgehead atoms. The molecular weight excluding hydrogens is 654 g/mol. The lowest BCUT2D eigenvalue weighted by atomic mass is 9.92. The van der Waals surface area contributed by atoms with Crippen molar-refractivity contribution in [2.45, 2.75) is 65.7 Å². The van der Waals surface area contributed by atoms with Crippen molar-refractivity contribution in [3.63, 3.8) is 0 Å². The molecule has 10 heteroatoms. The molecule has 3 heterocycles. The Kier molecular flexibility index (Phi) is 10.8. The highest BCUT2D eigenvalue weighted by molar-refractivity contribution is 6.21. The maximum absolute atomic E-state index is 14.5. The molecule has 1 aliphatic rings. The lowest BCUT2D eigenvalue weighted by molar-refractivity contribution is 0.0646. The summed E-state index contributed by atoms with van der Waals surface area (Å²) >= 11 is 0. The number of hydrogen-bond donors (Lipinski definition) is 2. The van der Waals surface area contributed by atoms with Gasteiger partial charge >= 0.3 is 6.03 Å². The molecule has 0 saturated carbocycles. The van der Waals surface area contributed by atoms with E-state index in [0.29, 0.717) is 58.4 Å². The zero-order valence-electron chi connectivity index (χ0n) is 30.4. The summed E-state index contributed by atoms with van der Waals surface area (Å²) in [4.78, 5) is 64.4. The third kappa shape index (κ3) is 7.19. The predicted octanol–water partition coefficient (Wildman–Crippen LogP) is 8.74. The molecule has 0 spiro atoms. The minimum absolute atomic E-state index is 0.166. The van der Waals surface area contributed by atoms with Crippen LogP contribution in [-0.2, 0) is 0 Å². The van der Waals surface area contributed by atoms with Gasteiger partial charge in [0.25, 0.3) is 17.4 Å². The minimum Gasteiger partial charge on any atom is -0.494 e. The van der Waals surface area contributed by atoms with Crippen LogP contribution in [0.3, 0.4) is 0 Å². The Morgan fingerprint density at radius 1 is 0.865 bits per heavy atom. The number of hydrogen-bond acceptors (Lipinski definition) is 6. The SMILES string of the molecule is CCCCN(C(=O)Nc1c(C(C)C)cccc1C(C)C)c1c(-c2cccc(OCCCN3C(=O)c4ccccc4C3=O)c2)c2cccnc2[nH]c1=O. The molecule has 2 N–H and O–H groups in total. The third-order valence-electron chi connectivity index (χ3n) is 9.41. The van der Waals surface area contributed by atoms with Crippen LogP contribution in [0.25, 0.3) is 22.2 Å². The lowest BCUT2D eigenvalue weighted by Crippen LogP contribution is -2.40. The Bertz CT molecular complexity index is 2130. The van der Waals surface area contributed by atoms with E-state index in [2.05, 4.69) is 43.0 Å². The maximum Gasteiger partial charge on any atom is 0.326 e. The summed E-state index contributed by atoms with van der Waals surface area (Å²) in [6.45, 7) is 11.2.